The maximum atomic E-state index is 12.8. The number of alkyl halides is 3. The SMILES string of the molecule is CCN(CC)CC#Cc1cc(C(F)(F)F)ccc1/C=C/C(=O)O. The van der Waals surface area contributed by atoms with Gasteiger partial charge in [0.25, 0.3) is 0 Å². The molecular weight excluding hydrogens is 307 g/mol. The lowest BCUT2D eigenvalue weighted by atomic mass is 10.0. The van der Waals surface area contributed by atoms with Crippen molar-refractivity contribution in [1.29, 1.82) is 0 Å². The summed E-state index contributed by atoms with van der Waals surface area (Å²) < 4.78 is 38.4. The van der Waals surface area contributed by atoms with Crippen molar-refractivity contribution in [1.82, 2.24) is 4.90 Å². The molecule has 23 heavy (non-hydrogen) atoms. The normalized spacial score (nSPS) is 11.6. The Bertz CT molecular complexity index is 635. The summed E-state index contributed by atoms with van der Waals surface area (Å²) in [6.07, 6.45) is -2.35. The summed E-state index contributed by atoms with van der Waals surface area (Å²) in [6, 6.07) is 3.08. The van der Waals surface area contributed by atoms with Gasteiger partial charge in [-0.2, -0.15) is 13.2 Å². The van der Waals surface area contributed by atoms with Crippen molar-refractivity contribution in [3.05, 3.63) is 41.0 Å². The Balaban J connectivity index is 3.18. The summed E-state index contributed by atoms with van der Waals surface area (Å²) in [7, 11) is 0. The van der Waals surface area contributed by atoms with E-state index in [1.165, 1.54) is 12.1 Å². The van der Waals surface area contributed by atoms with Gasteiger partial charge in [-0.3, -0.25) is 4.90 Å². The zero-order valence-electron chi connectivity index (χ0n) is 12.9. The Morgan fingerprint density at radius 1 is 1.30 bits per heavy atom. The Morgan fingerprint density at radius 2 is 1.96 bits per heavy atom. The average molecular weight is 325 g/mol. The Hall–Kier alpha value is -2.26. The largest absolute Gasteiger partial charge is 0.478 e. The summed E-state index contributed by atoms with van der Waals surface area (Å²) >= 11 is 0. The molecule has 0 spiro atoms. The molecule has 0 fully saturated rings. The molecule has 0 aliphatic heterocycles. The van der Waals surface area contributed by atoms with Crippen molar-refractivity contribution in [2.45, 2.75) is 20.0 Å². The first kappa shape index (κ1) is 18.8. The van der Waals surface area contributed by atoms with Crippen molar-refractivity contribution in [2.75, 3.05) is 19.6 Å². The molecule has 0 bridgehead atoms. The summed E-state index contributed by atoms with van der Waals surface area (Å²) in [6.45, 7) is 5.96. The van der Waals surface area contributed by atoms with Gasteiger partial charge in [-0.15, -0.1) is 0 Å². The van der Waals surface area contributed by atoms with Gasteiger partial charge in [0.15, 0.2) is 0 Å². The van der Waals surface area contributed by atoms with Crippen LogP contribution in [0.25, 0.3) is 6.08 Å². The molecule has 0 radical (unpaired) electrons. The highest BCUT2D eigenvalue weighted by atomic mass is 19.4. The van der Waals surface area contributed by atoms with Crippen molar-refractivity contribution in [2.24, 2.45) is 0 Å². The third kappa shape index (κ3) is 6.17. The summed E-state index contributed by atoms with van der Waals surface area (Å²) in [4.78, 5) is 12.6. The van der Waals surface area contributed by atoms with Crippen LogP contribution < -0.4 is 0 Å². The third-order valence-corrected chi connectivity index (χ3v) is 3.21. The number of carbonyl (C=O) groups is 1. The zero-order chi connectivity index (χ0) is 17.5. The predicted octanol–water partition coefficient (Wildman–Crippen LogP) is 3.50. The van der Waals surface area contributed by atoms with E-state index in [9.17, 15) is 18.0 Å². The fourth-order valence-corrected chi connectivity index (χ4v) is 1.84. The van der Waals surface area contributed by atoms with E-state index in [-0.39, 0.29) is 5.56 Å². The lowest BCUT2D eigenvalue weighted by Gasteiger charge is -2.13. The lowest BCUT2D eigenvalue weighted by molar-refractivity contribution is -0.137. The second kappa shape index (κ2) is 8.39. The highest BCUT2D eigenvalue weighted by molar-refractivity contribution is 5.85. The van der Waals surface area contributed by atoms with E-state index >= 15 is 0 Å². The molecule has 1 rings (SSSR count). The zero-order valence-corrected chi connectivity index (χ0v) is 12.9. The van der Waals surface area contributed by atoms with E-state index in [1.54, 1.807) is 0 Å². The van der Waals surface area contributed by atoms with Crippen molar-refractivity contribution in [3.8, 4) is 11.8 Å². The van der Waals surface area contributed by atoms with E-state index in [0.29, 0.717) is 12.1 Å². The van der Waals surface area contributed by atoms with Gasteiger partial charge < -0.3 is 5.11 Å². The number of halogens is 3. The molecule has 0 heterocycles. The number of benzene rings is 1. The van der Waals surface area contributed by atoms with Crippen LogP contribution in [0.4, 0.5) is 13.2 Å². The van der Waals surface area contributed by atoms with Gasteiger partial charge >= 0.3 is 12.1 Å². The number of hydrogen-bond donors (Lipinski definition) is 1. The van der Waals surface area contributed by atoms with Gasteiger partial charge in [0.1, 0.15) is 0 Å². The van der Waals surface area contributed by atoms with Crippen molar-refractivity contribution >= 4 is 12.0 Å². The highest BCUT2D eigenvalue weighted by Crippen LogP contribution is 2.30. The second-order valence-electron chi connectivity index (χ2n) is 4.73. The van der Waals surface area contributed by atoms with Crippen LogP contribution in [0.15, 0.2) is 24.3 Å². The maximum absolute atomic E-state index is 12.8. The second-order valence-corrected chi connectivity index (χ2v) is 4.73. The smallest absolute Gasteiger partial charge is 0.416 e. The Morgan fingerprint density at radius 3 is 2.48 bits per heavy atom. The lowest BCUT2D eigenvalue weighted by Crippen LogP contribution is -2.22. The first-order chi connectivity index (χ1) is 10.8. The fraction of sp³-hybridized carbons (Fsp3) is 0.353. The van der Waals surface area contributed by atoms with Crippen LogP contribution in [0.2, 0.25) is 0 Å². The van der Waals surface area contributed by atoms with Crippen LogP contribution in [-0.2, 0) is 11.0 Å². The highest BCUT2D eigenvalue weighted by Gasteiger charge is 2.30. The van der Waals surface area contributed by atoms with E-state index in [4.69, 9.17) is 5.11 Å². The van der Waals surface area contributed by atoms with E-state index in [0.717, 1.165) is 31.3 Å². The molecule has 0 aromatic heterocycles. The van der Waals surface area contributed by atoms with Gasteiger partial charge in [-0.05, 0) is 36.9 Å². The molecule has 0 amide bonds. The number of carboxylic acids is 1. The van der Waals surface area contributed by atoms with Crippen LogP contribution in [-0.4, -0.2) is 35.6 Å². The number of rotatable bonds is 5. The standard InChI is InChI=1S/C17H18F3NO2/c1-3-21(4-2)11-5-6-14-12-15(17(18,19)20)9-7-13(14)8-10-16(22)23/h7-10,12H,3-4,11H2,1-2H3,(H,22,23)/b10-8+. The van der Waals surface area contributed by atoms with E-state index in [1.807, 2.05) is 18.7 Å². The van der Waals surface area contributed by atoms with Crippen molar-refractivity contribution in [3.63, 3.8) is 0 Å². The quantitative estimate of drug-likeness (QED) is 0.665. The van der Waals surface area contributed by atoms with Gasteiger partial charge in [0, 0.05) is 11.6 Å². The van der Waals surface area contributed by atoms with Crippen LogP contribution in [0.5, 0.6) is 0 Å². The molecule has 1 N–H and O–H groups in total. The molecule has 0 saturated carbocycles. The number of nitrogens with zero attached hydrogens (tertiary/aromatic N) is 1. The molecule has 0 unspecified atom stereocenters. The molecule has 0 saturated heterocycles. The summed E-state index contributed by atoms with van der Waals surface area (Å²) in [5.41, 5.74) is -0.311. The minimum atomic E-state index is -4.47. The summed E-state index contributed by atoms with van der Waals surface area (Å²) in [5, 5.41) is 8.65. The Labute approximate surface area is 133 Å². The topological polar surface area (TPSA) is 40.5 Å². The average Bonchev–Trinajstić information content (AvgIpc) is 2.49. The molecule has 1 aromatic rings. The first-order valence-electron chi connectivity index (χ1n) is 7.11. The van der Waals surface area contributed by atoms with Gasteiger partial charge in [-0.1, -0.05) is 31.8 Å². The van der Waals surface area contributed by atoms with Gasteiger partial charge in [0.05, 0.1) is 12.1 Å². The van der Waals surface area contributed by atoms with Crippen LogP contribution in [0.1, 0.15) is 30.5 Å². The predicted molar refractivity (Wildman–Crippen MR) is 82.8 cm³/mol. The molecule has 0 atom stereocenters. The van der Waals surface area contributed by atoms with Crippen LogP contribution in [0.3, 0.4) is 0 Å². The molecule has 124 valence electrons. The molecule has 1 aromatic carbocycles. The number of hydrogen-bond acceptors (Lipinski definition) is 2. The molecule has 6 heteroatoms. The number of aliphatic carboxylic acids is 1. The van der Waals surface area contributed by atoms with E-state index < -0.39 is 17.7 Å². The minimum Gasteiger partial charge on any atom is -0.478 e. The third-order valence-electron chi connectivity index (χ3n) is 3.21. The maximum Gasteiger partial charge on any atom is 0.416 e. The Kier molecular flexibility index (Phi) is 6.86. The number of carboxylic acid groups (broad SMARTS) is 1. The van der Waals surface area contributed by atoms with E-state index in [2.05, 4.69) is 11.8 Å². The first-order valence-corrected chi connectivity index (χ1v) is 7.11. The van der Waals surface area contributed by atoms with Gasteiger partial charge in [-0.25, -0.2) is 4.79 Å². The monoisotopic (exact) mass is 325 g/mol. The summed E-state index contributed by atoms with van der Waals surface area (Å²) in [5.74, 6) is 4.38. The van der Waals surface area contributed by atoms with Crippen LogP contribution in [0, 0.1) is 11.8 Å². The minimum absolute atomic E-state index is 0.157. The molecule has 0 aliphatic carbocycles. The van der Waals surface area contributed by atoms with Gasteiger partial charge in [0.2, 0.25) is 0 Å². The fourth-order valence-electron chi connectivity index (χ4n) is 1.84. The van der Waals surface area contributed by atoms with Crippen LogP contribution >= 0.6 is 0 Å². The molecule has 3 nitrogen and oxygen atoms in total. The van der Waals surface area contributed by atoms with Crippen molar-refractivity contribution < 1.29 is 23.1 Å². The molecule has 0 aliphatic rings. The molecular formula is C17H18F3NO2.